The molecule has 0 bridgehead atoms. The molecule has 0 spiro atoms. The van der Waals surface area contributed by atoms with Gasteiger partial charge in [0.25, 0.3) is 11.6 Å². The van der Waals surface area contributed by atoms with Crippen LogP contribution in [-0.2, 0) is 0 Å². The van der Waals surface area contributed by atoms with Crippen LogP contribution in [0.3, 0.4) is 0 Å². The Hall–Kier alpha value is -1.43. The molecule has 0 atom stereocenters. The number of alkyl halides is 1. The Morgan fingerprint density at radius 3 is 2.71 bits per heavy atom. The van der Waals surface area contributed by atoms with Gasteiger partial charge in [-0.15, -0.1) is 0 Å². The molecule has 0 saturated heterocycles. The summed E-state index contributed by atoms with van der Waals surface area (Å²) < 4.78 is 0. The number of amides is 1. The first-order chi connectivity index (χ1) is 8.16. The van der Waals surface area contributed by atoms with Gasteiger partial charge in [0.2, 0.25) is 0 Å². The summed E-state index contributed by atoms with van der Waals surface area (Å²) in [4.78, 5) is 21.9. The summed E-state index contributed by atoms with van der Waals surface area (Å²) in [5, 5.41) is 14.3. The van der Waals surface area contributed by atoms with Crippen LogP contribution in [0.15, 0.2) is 24.3 Å². The highest BCUT2D eigenvalue weighted by atomic mass is 79.9. The average Bonchev–Trinajstić information content (AvgIpc) is 2.34. The van der Waals surface area contributed by atoms with E-state index in [9.17, 15) is 14.9 Å². The fraction of sp³-hybridized carbons (Fsp3) is 0.364. The molecular formula is C11H13BrN2O3. The molecule has 1 aromatic rings. The lowest BCUT2D eigenvalue weighted by Gasteiger charge is -2.04. The highest BCUT2D eigenvalue weighted by Crippen LogP contribution is 2.17. The van der Waals surface area contributed by atoms with E-state index in [1.807, 2.05) is 0 Å². The number of benzene rings is 1. The zero-order valence-electron chi connectivity index (χ0n) is 9.19. The first-order valence-electron chi connectivity index (χ1n) is 5.24. The molecule has 17 heavy (non-hydrogen) atoms. The van der Waals surface area contributed by atoms with Crippen molar-refractivity contribution in [3.05, 3.63) is 39.9 Å². The van der Waals surface area contributed by atoms with Crippen molar-refractivity contribution in [3.63, 3.8) is 0 Å². The molecule has 0 aromatic heterocycles. The van der Waals surface area contributed by atoms with Crippen molar-refractivity contribution in [3.8, 4) is 0 Å². The number of nitrogens with one attached hydrogen (secondary N) is 1. The van der Waals surface area contributed by atoms with Crippen molar-refractivity contribution in [2.75, 3.05) is 11.9 Å². The molecule has 0 aliphatic carbocycles. The first-order valence-corrected chi connectivity index (χ1v) is 6.36. The number of hydrogen-bond acceptors (Lipinski definition) is 3. The summed E-state index contributed by atoms with van der Waals surface area (Å²) >= 11 is 3.29. The summed E-state index contributed by atoms with van der Waals surface area (Å²) in [5.41, 5.74) is -0.0539. The number of nitrogens with zero attached hydrogens (tertiary/aromatic N) is 1. The molecule has 0 saturated carbocycles. The van der Waals surface area contributed by atoms with Gasteiger partial charge in [-0.2, -0.15) is 0 Å². The average molecular weight is 301 g/mol. The Morgan fingerprint density at radius 1 is 1.35 bits per heavy atom. The van der Waals surface area contributed by atoms with Gasteiger partial charge in [0, 0.05) is 17.9 Å². The third kappa shape index (κ3) is 4.14. The Morgan fingerprint density at radius 2 is 2.06 bits per heavy atom. The van der Waals surface area contributed by atoms with E-state index in [-0.39, 0.29) is 11.3 Å². The first kappa shape index (κ1) is 13.6. The summed E-state index contributed by atoms with van der Waals surface area (Å²) in [6.45, 7) is 0.524. The fourth-order valence-electron chi connectivity index (χ4n) is 1.34. The molecule has 92 valence electrons. The minimum absolute atomic E-state index is 0.108. The number of hydrogen-bond donors (Lipinski definition) is 1. The quantitative estimate of drug-likeness (QED) is 0.380. The zero-order chi connectivity index (χ0) is 12.7. The lowest BCUT2D eigenvalue weighted by atomic mass is 10.1. The molecule has 5 nitrogen and oxygen atoms in total. The third-order valence-corrected chi connectivity index (χ3v) is 2.75. The maximum atomic E-state index is 11.7. The maximum absolute atomic E-state index is 11.7. The number of para-hydroxylation sites is 1. The maximum Gasteiger partial charge on any atom is 0.282 e. The van der Waals surface area contributed by atoms with E-state index in [0.29, 0.717) is 6.54 Å². The minimum atomic E-state index is -0.548. The van der Waals surface area contributed by atoms with E-state index in [4.69, 9.17) is 0 Å². The topological polar surface area (TPSA) is 72.2 Å². The van der Waals surface area contributed by atoms with Crippen molar-refractivity contribution >= 4 is 27.5 Å². The molecular weight excluding hydrogens is 288 g/mol. The molecule has 0 radical (unpaired) electrons. The lowest BCUT2D eigenvalue weighted by Crippen LogP contribution is -2.25. The highest BCUT2D eigenvalue weighted by molar-refractivity contribution is 9.09. The van der Waals surface area contributed by atoms with Gasteiger partial charge in [-0.05, 0) is 18.9 Å². The molecule has 1 N–H and O–H groups in total. The van der Waals surface area contributed by atoms with Gasteiger partial charge in [-0.1, -0.05) is 28.1 Å². The minimum Gasteiger partial charge on any atom is -0.352 e. The molecule has 0 heterocycles. The Balaban J connectivity index is 2.65. The Kier molecular flexibility index (Phi) is 5.62. The van der Waals surface area contributed by atoms with Crippen molar-refractivity contribution in [1.82, 2.24) is 5.32 Å². The van der Waals surface area contributed by atoms with Crippen LogP contribution in [0, 0.1) is 10.1 Å². The van der Waals surface area contributed by atoms with Gasteiger partial charge in [0.15, 0.2) is 0 Å². The number of halogens is 1. The van der Waals surface area contributed by atoms with Gasteiger partial charge in [0.05, 0.1) is 4.92 Å². The summed E-state index contributed by atoms with van der Waals surface area (Å²) in [6.07, 6.45) is 1.80. The third-order valence-electron chi connectivity index (χ3n) is 2.19. The highest BCUT2D eigenvalue weighted by Gasteiger charge is 2.18. The Labute approximate surface area is 107 Å². The SMILES string of the molecule is O=C(NCCCCBr)c1ccccc1[N+](=O)[O-]. The second-order valence-corrected chi connectivity index (χ2v) is 4.22. The predicted molar refractivity (Wildman–Crippen MR) is 68.5 cm³/mol. The zero-order valence-corrected chi connectivity index (χ0v) is 10.8. The predicted octanol–water partition coefficient (Wildman–Crippen LogP) is 2.50. The van der Waals surface area contributed by atoms with Crippen molar-refractivity contribution in [2.45, 2.75) is 12.8 Å². The normalized spacial score (nSPS) is 9.94. The number of unbranched alkanes of at least 4 members (excludes halogenated alkanes) is 1. The van der Waals surface area contributed by atoms with Gasteiger partial charge < -0.3 is 5.32 Å². The molecule has 1 amide bonds. The van der Waals surface area contributed by atoms with Crippen LogP contribution in [0.4, 0.5) is 5.69 Å². The van der Waals surface area contributed by atoms with Crippen LogP contribution >= 0.6 is 15.9 Å². The molecule has 1 aromatic carbocycles. The summed E-state index contributed by atoms with van der Waals surface area (Å²) in [7, 11) is 0. The van der Waals surface area contributed by atoms with Crippen LogP contribution in [-0.4, -0.2) is 22.7 Å². The van der Waals surface area contributed by atoms with Crippen LogP contribution in [0.5, 0.6) is 0 Å². The standard InChI is InChI=1S/C11H13BrN2O3/c12-7-3-4-8-13-11(15)9-5-1-2-6-10(9)14(16)17/h1-2,5-6H,3-4,7-8H2,(H,13,15). The number of nitro groups is 1. The van der Waals surface area contributed by atoms with E-state index >= 15 is 0 Å². The number of rotatable bonds is 6. The van der Waals surface area contributed by atoms with Crippen molar-refractivity contribution in [1.29, 1.82) is 0 Å². The van der Waals surface area contributed by atoms with Gasteiger partial charge in [-0.3, -0.25) is 14.9 Å². The smallest absolute Gasteiger partial charge is 0.282 e. The van der Waals surface area contributed by atoms with Crippen LogP contribution in [0.2, 0.25) is 0 Å². The second kappa shape index (κ2) is 7.01. The van der Waals surface area contributed by atoms with Crippen LogP contribution in [0.1, 0.15) is 23.2 Å². The largest absolute Gasteiger partial charge is 0.352 e. The van der Waals surface area contributed by atoms with Crippen LogP contribution in [0.25, 0.3) is 0 Å². The summed E-state index contributed by atoms with van der Waals surface area (Å²) in [5.74, 6) is -0.396. The van der Waals surface area contributed by atoms with E-state index in [1.54, 1.807) is 12.1 Å². The molecule has 0 aliphatic heterocycles. The number of carbonyl (C=O) groups is 1. The van der Waals surface area contributed by atoms with E-state index in [1.165, 1.54) is 12.1 Å². The van der Waals surface area contributed by atoms with Gasteiger partial charge >= 0.3 is 0 Å². The lowest BCUT2D eigenvalue weighted by molar-refractivity contribution is -0.385. The van der Waals surface area contributed by atoms with Gasteiger partial charge in [0.1, 0.15) is 5.56 Å². The molecule has 1 rings (SSSR count). The molecule has 0 unspecified atom stereocenters. The van der Waals surface area contributed by atoms with Crippen molar-refractivity contribution < 1.29 is 9.72 Å². The summed E-state index contributed by atoms with van der Waals surface area (Å²) in [6, 6.07) is 5.94. The van der Waals surface area contributed by atoms with Crippen LogP contribution < -0.4 is 5.32 Å². The number of carbonyl (C=O) groups excluding carboxylic acids is 1. The van der Waals surface area contributed by atoms with E-state index in [2.05, 4.69) is 21.2 Å². The Bertz CT molecular complexity index is 409. The molecule has 0 fully saturated rings. The van der Waals surface area contributed by atoms with E-state index in [0.717, 1.165) is 18.2 Å². The molecule has 0 aliphatic rings. The fourth-order valence-corrected chi connectivity index (χ4v) is 1.74. The van der Waals surface area contributed by atoms with E-state index < -0.39 is 10.8 Å². The van der Waals surface area contributed by atoms with Crippen molar-refractivity contribution in [2.24, 2.45) is 0 Å². The number of nitro benzene ring substituents is 1. The monoisotopic (exact) mass is 300 g/mol. The molecule has 6 heteroatoms. The second-order valence-electron chi connectivity index (χ2n) is 3.43. The van der Waals surface area contributed by atoms with Gasteiger partial charge in [-0.25, -0.2) is 0 Å².